The van der Waals surface area contributed by atoms with Crippen LogP contribution in [0.3, 0.4) is 0 Å². The Balaban J connectivity index is 2.16. The molecule has 1 aliphatic heterocycles. The van der Waals surface area contributed by atoms with Crippen molar-refractivity contribution in [2.24, 2.45) is 7.05 Å². The Kier molecular flexibility index (Phi) is 6.33. The van der Waals surface area contributed by atoms with Crippen LogP contribution in [0.2, 0.25) is 5.02 Å². The minimum atomic E-state index is -0.704. The minimum absolute atomic E-state index is 0.0753. The normalized spacial score (nSPS) is 18.6. The van der Waals surface area contributed by atoms with Gasteiger partial charge in [0.1, 0.15) is 5.76 Å². The number of aliphatic hydroxyl groups is 1. The van der Waals surface area contributed by atoms with Gasteiger partial charge in [-0.1, -0.05) is 23.7 Å². The number of aromatic nitrogens is 2. The first-order valence-electron chi connectivity index (χ1n) is 9.82. The van der Waals surface area contributed by atoms with E-state index in [0.717, 1.165) is 6.54 Å². The maximum atomic E-state index is 13.0. The number of likely N-dealkylation sites (tertiary alicyclic amines) is 1. The number of hydrogen-bond donors (Lipinski definition) is 1. The van der Waals surface area contributed by atoms with E-state index < -0.39 is 17.7 Å². The summed E-state index contributed by atoms with van der Waals surface area (Å²) in [5, 5.41) is 16.0. The number of amides is 1. The lowest BCUT2D eigenvalue weighted by molar-refractivity contribution is -0.139. The van der Waals surface area contributed by atoms with Gasteiger partial charge in [-0.2, -0.15) is 5.10 Å². The smallest absolute Gasteiger partial charge is 0.295 e. The molecule has 1 aromatic carbocycles. The van der Waals surface area contributed by atoms with Crippen molar-refractivity contribution in [1.82, 2.24) is 19.6 Å². The molecule has 1 amide bonds. The molecule has 1 N–H and O–H groups in total. The Hall–Kier alpha value is -2.64. The molecule has 1 saturated heterocycles. The Morgan fingerprint density at radius 1 is 1.27 bits per heavy atom. The third kappa shape index (κ3) is 4.00. The number of halogens is 1. The van der Waals surface area contributed by atoms with Gasteiger partial charge in [0.15, 0.2) is 0 Å². The highest BCUT2D eigenvalue weighted by Gasteiger charge is 2.46. The van der Waals surface area contributed by atoms with Crippen molar-refractivity contribution in [2.45, 2.75) is 26.3 Å². The number of nitrogens with zero attached hydrogens (tertiary/aromatic N) is 4. The lowest BCUT2D eigenvalue weighted by Gasteiger charge is -2.26. The van der Waals surface area contributed by atoms with Crippen molar-refractivity contribution in [3.05, 3.63) is 57.4 Å². The molecule has 0 radical (unpaired) electrons. The summed E-state index contributed by atoms with van der Waals surface area (Å²) >= 11 is 6.20. The summed E-state index contributed by atoms with van der Waals surface area (Å²) in [6, 6.07) is 6.35. The van der Waals surface area contributed by atoms with Crippen LogP contribution in [0.1, 0.15) is 35.0 Å². The summed E-state index contributed by atoms with van der Waals surface area (Å²) in [4.78, 5) is 29.5. The molecule has 3 rings (SSSR count). The molecular weight excluding hydrogens is 404 g/mol. The number of rotatable bonds is 6. The average molecular weight is 431 g/mol. The lowest BCUT2D eigenvalue weighted by atomic mass is 9.94. The molecule has 1 aliphatic rings. The number of Topliss-reactive ketones (excluding diaryl/α,β-unsaturated/α-hetero) is 1. The number of aryl methyl sites for hydroxylation is 2. The van der Waals surface area contributed by atoms with E-state index in [1.807, 2.05) is 32.0 Å². The van der Waals surface area contributed by atoms with Crippen LogP contribution in [0, 0.1) is 13.8 Å². The Morgan fingerprint density at radius 3 is 2.53 bits per heavy atom. The summed E-state index contributed by atoms with van der Waals surface area (Å²) in [5.41, 5.74) is 2.55. The first-order chi connectivity index (χ1) is 14.1. The van der Waals surface area contributed by atoms with Gasteiger partial charge in [0.2, 0.25) is 0 Å². The average Bonchev–Trinajstić information content (AvgIpc) is 3.07. The zero-order valence-corrected chi connectivity index (χ0v) is 18.7. The molecule has 0 saturated carbocycles. The zero-order valence-electron chi connectivity index (χ0n) is 17.9. The maximum Gasteiger partial charge on any atom is 0.295 e. The van der Waals surface area contributed by atoms with Crippen molar-refractivity contribution in [1.29, 1.82) is 0 Å². The van der Waals surface area contributed by atoms with Crippen LogP contribution < -0.4 is 0 Å². The third-order valence-electron chi connectivity index (χ3n) is 5.45. The lowest BCUT2D eigenvalue weighted by Crippen LogP contribution is -2.32. The largest absolute Gasteiger partial charge is 0.507 e. The van der Waals surface area contributed by atoms with Crippen LogP contribution in [-0.2, 0) is 16.6 Å². The highest BCUT2D eigenvalue weighted by molar-refractivity contribution is 6.46. The van der Waals surface area contributed by atoms with Gasteiger partial charge < -0.3 is 14.9 Å². The molecule has 2 heterocycles. The summed E-state index contributed by atoms with van der Waals surface area (Å²) in [7, 11) is 5.68. The molecule has 0 bridgehead atoms. The fourth-order valence-corrected chi connectivity index (χ4v) is 4.14. The van der Waals surface area contributed by atoms with Gasteiger partial charge in [-0.15, -0.1) is 0 Å². The van der Waals surface area contributed by atoms with Crippen molar-refractivity contribution in [3.63, 3.8) is 0 Å². The second kappa shape index (κ2) is 8.62. The van der Waals surface area contributed by atoms with Gasteiger partial charge in [-0.05, 0) is 58.6 Å². The summed E-state index contributed by atoms with van der Waals surface area (Å²) in [6.07, 6.45) is 0.697. The summed E-state index contributed by atoms with van der Waals surface area (Å²) in [5.74, 6) is -1.50. The number of carbonyl (C=O) groups excluding carboxylic acids is 2. The van der Waals surface area contributed by atoms with Gasteiger partial charge in [-0.3, -0.25) is 14.3 Å². The molecule has 1 atom stereocenters. The molecular formula is C22H27ClN4O3. The van der Waals surface area contributed by atoms with Crippen molar-refractivity contribution in [3.8, 4) is 0 Å². The standard InChI is InChI=1S/C22H27ClN4O3/c1-13-17(14(2)26(5)24-13)20(28)18-19(15-8-6-9-16(23)12-15)27(22(30)21(18)29)11-7-10-25(3)4/h6,8-9,12,19,28H,7,10-11H2,1-5H3/t19-/m1/s1. The van der Waals surface area contributed by atoms with Gasteiger partial charge in [0, 0.05) is 24.3 Å². The molecule has 0 unspecified atom stereocenters. The van der Waals surface area contributed by atoms with Gasteiger partial charge in [0.25, 0.3) is 11.7 Å². The molecule has 0 spiro atoms. The maximum absolute atomic E-state index is 13.0. The first kappa shape index (κ1) is 22.1. The number of benzene rings is 1. The van der Waals surface area contributed by atoms with E-state index in [-0.39, 0.29) is 11.3 Å². The summed E-state index contributed by atoms with van der Waals surface area (Å²) in [6.45, 7) is 4.74. The fourth-order valence-electron chi connectivity index (χ4n) is 3.94. The van der Waals surface area contributed by atoms with Crippen molar-refractivity contribution < 1.29 is 14.7 Å². The van der Waals surface area contributed by atoms with E-state index >= 15 is 0 Å². The highest BCUT2D eigenvalue weighted by atomic mass is 35.5. The van der Waals surface area contributed by atoms with Crippen LogP contribution in [0.5, 0.6) is 0 Å². The number of aliphatic hydroxyl groups excluding tert-OH is 1. The molecule has 7 nitrogen and oxygen atoms in total. The van der Waals surface area contributed by atoms with Crippen LogP contribution in [-0.4, -0.2) is 63.6 Å². The second-order valence-corrected chi connectivity index (χ2v) is 8.31. The Morgan fingerprint density at radius 2 is 1.97 bits per heavy atom. The minimum Gasteiger partial charge on any atom is -0.507 e. The molecule has 0 aliphatic carbocycles. The predicted molar refractivity (Wildman–Crippen MR) is 116 cm³/mol. The Labute approximate surface area is 181 Å². The second-order valence-electron chi connectivity index (χ2n) is 7.87. The topological polar surface area (TPSA) is 78.7 Å². The van der Waals surface area contributed by atoms with E-state index in [1.54, 1.807) is 36.9 Å². The molecule has 8 heteroatoms. The number of carbonyl (C=O) groups is 2. The van der Waals surface area contributed by atoms with E-state index in [1.165, 1.54) is 4.90 Å². The fraction of sp³-hybridized carbons (Fsp3) is 0.409. The van der Waals surface area contributed by atoms with E-state index in [2.05, 4.69) is 5.10 Å². The SMILES string of the molecule is Cc1nn(C)c(C)c1C(O)=C1C(=O)C(=O)N(CCCN(C)C)[C@@H]1c1cccc(Cl)c1. The monoisotopic (exact) mass is 430 g/mol. The van der Waals surface area contributed by atoms with Crippen LogP contribution in [0.15, 0.2) is 29.8 Å². The summed E-state index contributed by atoms with van der Waals surface area (Å²) < 4.78 is 1.64. The number of ketones is 1. The first-order valence-corrected chi connectivity index (χ1v) is 10.2. The van der Waals surface area contributed by atoms with E-state index in [9.17, 15) is 14.7 Å². The van der Waals surface area contributed by atoms with Crippen molar-refractivity contribution >= 4 is 29.1 Å². The van der Waals surface area contributed by atoms with Gasteiger partial charge in [-0.25, -0.2) is 0 Å². The zero-order chi connectivity index (χ0) is 22.2. The highest BCUT2D eigenvalue weighted by Crippen LogP contribution is 2.40. The van der Waals surface area contributed by atoms with Crippen LogP contribution in [0.4, 0.5) is 0 Å². The van der Waals surface area contributed by atoms with Crippen molar-refractivity contribution in [2.75, 3.05) is 27.2 Å². The van der Waals surface area contributed by atoms with Crippen LogP contribution in [0.25, 0.3) is 5.76 Å². The predicted octanol–water partition coefficient (Wildman–Crippen LogP) is 3.06. The third-order valence-corrected chi connectivity index (χ3v) is 5.69. The molecule has 1 fully saturated rings. The van der Waals surface area contributed by atoms with Crippen LogP contribution >= 0.6 is 11.6 Å². The van der Waals surface area contributed by atoms with Gasteiger partial charge >= 0.3 is 0 Å². The number of hydrogen-bond acceptors (Lipinski definition) is 5. The van der Waals surface area contributed by atoms with E-state index in [0.29, 0.717) is 40.5 Å². The molecule has 30 heavy (non-hydrogen) atoms. The van der Waals surface area contributed by atoms with E-state index in [4.69, 9.17) is 11.6 Å². The Bertz CT molecular complexity index is 1030. The molecule has 160 valence electrons. The van der Waals surface area contributed by atoms with Gasteiger partial charge in [0.05, 0.1) is 22.9 Å². The quantitative estimate of drug-likeness (QED) is 0.433. The molecule has 2 aromatic rings. The molecule has 1 aromatic heterocycles.